The first-order chi connectivity index (χ1) is 8.40. The predicted molar refractivity (Wildman–Crippen MR) is 71.2 cm³/mol. The number of nitrogen functional groups attached to an aromatic ring is 1. The Morgan fingerprint density at radius 3 is 2.22 bits per heavy atom. The van der Waals surface area contributed by atoms with E-state index < -0.39 is 0 Å². The highest BCUT2D eigenvalue weighted by atomic mass is 16.2. The molecule has 1 aliphatic heterocycles. The van der Waals surface area contributed by atoms with Crippen LogP contribution in [0, 0.1) is 19.8 Å². The molecular weight excluding hydrogens is 228 g/mol. The average Bonchev–Trinajstić information content (AvgIpc) is 2.24. The number of rotatable bonds is 1. The second-order valence-electron chi connectivity index (χ2n) is 5.13. The van der Waals surface area contributed by atoms with Crippen molar-refractivity contribution in [2.45, 2.75) is 33.6 Å². The van der Waals surface area contributed by atoms with Crippen LogP contribution in [0.2, 0.25) is 0 Å². The smallest absolute Gasteiger partial charge is 0.234 e. The summed E-state index contributed by atoms with van der Waals surface area (Å²) in [5.41, 5.74) is 8.91. The van der Waals surface area contributed by atoms with Crippen LogP contribution in [0.15, 0.2) is 12.1 Å². The maximum Gasteiger partial charge on any atom is 0.234 e. The van der Waals surface area contributed by atoms with Crippen LogP contribution in [-0.2, 0) is 9.59 Å². The Morgan fingerprint density at radius 2 is 1.67 bits per heavy atom. The van der Waals surface area contributed by atoms with Crippen LogP contribution < -0.4 is 10.6 Å². The summed E-state index contributed by atoms with van der Waals surface area (Å²) in [6, 6.07) is 3.62. The third-order valence-corrected chi connectivity index (χ3v) is 3.37. The van der Waals surface area contributed by atoms with Crippen LogP contribution >= 0.6 is 0 Å². The summed E-state index contributed by atoms with van der Waals surface area (Å²) in [7, 11) is 0. The van der Waals surface area contributed by atoms with Gasteiger partial charge in [0.15, 0.2) is 0 Å². The van der Waals surface area contributed by atoms with Crippen molar-refractivity contribution >= 4 is 23.2 Å². The van der Waals surface area contributed by atoms with Crippen LogP contribution in [-0.4, -0.2) is 11.8 Å². The molecule has 2 rings (SSSR count). The van der Waals surface area contributed by atoms with Gasteiger partial charge in [0.25, 0.3) is 0 Å². The van der Waals surface area contributed by atoms with Crippen molar-refractivity contribution in [3.05, 3.63) is 23.3 Å². The van der Waals surface area contributed by atoms with Crippen molar-refractivity contribution < 1.29 is 9.59 Å². The molecule has 4 nitrogen and oxygen atoms in total. The molecule has 0 unspecified atom stereocenters. The molecule has 1 heterocycles. The van der Waals surface area contributed by atoms with E-state index in [0.717, 1.165) is 11.1 Å². The van der Waals surface area contributed by atoms with Gasteiger partial charge in [-0.2, -0.15) is 0 Å². The Labute approximate surface area is 107 Å². The van der Waals surface area contributed by atoms with E-state index in [1.807, 2.05) is 32.9 Å². The molecule has 1 aromatic carbocycles. The van der Waals surface area contributed by atoms with E-state index in [0.29, 0.717) is 24.2 Å². The lowest BCUT2D eigenvalue weighted by atomic mass is 9.96. The quantitative estimate of drug-likeness (QED) is 0.610. The van der Waals surface area contributed by atoms with Crippen molar-refractivity contribution in [1.29, 1.82) is 0 Å². The fourth-order valence-corrected chi connectivity index (χ4v) is 2.32. The normalized spacial score (nSPS) is 17.4. The van der Waals surface area contributed by atoms with Gasteiger partial charge >= 0.3 is 0 Å². The van der Waals surface area contributed by atoms with Gasteiger partial charge in [-0.3, -0.25) is 14.5 Å². The highest BCUT2D eigenvalue weighted by Crippen LogP contribution is 2.30. The highest BCUT2D eigenvalue weighted by Gasteiger charge is 2.32. The Balaban J connectivity index is 2.45. The number of aryl methyl sites for hydroxylation is 2. The van der Waals surface area contributed by atoms with Crippen LogP contribution in [0.3, 0.4) is 0 Å². The lowest BCUT2D eigenvalue weighted by Gasteiger charge is -2.29. The summed E-state index contributed by atoms with van der Waals surface area (Å²) in [5.74, 6) is -0.103. The fourth-order valence-electron chi connectivity index (χ4n) is 2.32. The van der Waals surface area contributed by atoms with E-state index >= 15 is 0 Å². The molecule has 1 aromatic rings. The van der Waals surface area contributed by atoms with E-state index in [2.05, 4.69) is 0 Å². The SMILES string of the molecule is Cc1cc(N2C(=O)CC(C)CC2=O)c(C)cc1N. The zero-order chi connectivity index (χ0) is 13.4. The molecule has 2 N–H and O–H groups in total. The molecular formula is C14H18N2O2. The largest absolute Gasteiger partial charge is 0.399 e. The summed E-state index contributed by atoms with van der Waals surface area (Å²) >= 11 is 0. The van der Waals surface area contributed by atoms with Crippen molar-refractivity contribution in [2.75, 3.05) is 10.6 Å². The van der Waals surface area contributed by atoms with E-state index in [1.54, 1.807) is 0 Å². The van der Waals surface area contributed by atoms with Crippen LogP contribution in [0.25, 0.3) is 0 Å². The number of nitrogens with two attached hydrogens (primary N) is 1. The Bertz CT molecular complexity index is 505. The number of anilines is 2. The summed E-state index contributed by atoms with van der Waals surface area (Å²) < 4.78 is 0. The van der Waals surface area contributed by atoms with Gasteiger partial charge in [-0.05, 0) is 43.0 Å². The van der Waals surface area contributed by atoms with Gasteiger partial charge in [-0.15, -0.1) is 0 Å². The summed E-state index contributed by atoms with van der Waals surface area (Å²) in [6.45, 7) is 5.66. The Kier molecular flexibility index (Phi) is 3.11. The third-order valence-electron chi connectivity index (χ3n) is 3.37. The monoisotopic (exact) mass is 246 g/mol. The lowest BCUT2D eigenvalue weighted by molar-refractivity contribution is -0.130. The van der Waals surface area contributed by atoms with Gasteiger partial charge in [0, 0.05) is 18.5 Å². The molecule has 0 saturated carbocycles. The molecule has 0 aromatic heterocycles. The number of amides is 2. The number of piperidine rings is 1. The number of nitrogens with zero attached hydrogens (tertiary/aromatic N) is 1. The van der Waals surface area contributed by atoms with E-state index in [4.69, 9.17) is 5.73 Å². The molecule has 0 atom stereocenters. The van der Waals surface area contributed by atoms with Crippen molar-refractivity contribution in [3.8, 4) is 0 Å². The first-order valence-corrected chi connectivity index (χ1v) is 6.12. The van der Waals surface area contributed by atoms with Crippen molar-refractivity contribution in [1.82, 2.24) is 0 Å². The van der Waals surface area contributed by atoms with Crippen LogP contribution in [0.4, 0.5) is 11.4 Å². The topological polar surface area (TPSA) is 63.4 Å². The van der Waals surface area contributed by atoms with E-state index in [9.17, 15) is 9.59 Å². The average molecular weight is 246 g/mol. The van der Waals surface area contributed by atoms with Gasteiger partial charge < -0.3 is 5.73 Å². The number of carbonyl (C=O) groups excluding carboxylic acids is 2. The van der Waals surface area contributed by atoms with Gasteiger partial charge in [-0.25, -0.2) is 0 Å². The minimum absolute atomic E-state index is 0.119. The molecule has 0 bridgehead atoms. The van der Waals surface area contributed by atoms with Crippen molar-refractivity contribution in [3.63, 3.8) is 0 Å². The molecule has 18 heavy (non-hydrogen) atoms. The van der Waals surface area contributed by atoms with Gasteiger partial charge in [0.05, 0.1) is 5.69 Å². The van der Waals surface area contributed by atoms with E-state index in [-0.39, 0.29) is 17.7 Å². The first-order valence-electron chi connectivity index (χ1n) is 6.12. The zero-order valence-electron chi connectivity index (χ0n) is 11.0. The highest BCUT2D eigenvalue weighted by molar-refractivity contribution is 6.17. The minimum atomic E-state index is -0.119. The number of hydrogen-bond acceptors (Lipinski definition) is 3. The molecule has 0 aliphatic carbocycles. The summed E-state index contributed by atoms with van der Waals surface area (Å²) in [5, 5.41) is 0. The van der Waals surface area contributed by atoms with Gasteiger partial charge in [-0.1, -0.05) is 6.92 Å². The van der Waals surface area contributed by atoms with Gasteiger partial charge in [0.1, 0.15) is 0 Å². The first kappa shape index (κ1) is 12.6. The standard InChI is InChI=1S/C14H18N2O2/c1-8-4-13(17)16(14(18)5-8)12-7-9(2)11(15)6-10(12)3/h6-8H,4-5,15H2,1-3H3. The van der Waals surface area contributed by atoms with Crippen LogP contribution in [0.5, 0.6) is 0 Å². The van der Waals surface area contributed by atoms with Gasteiger partial charge in [0.2, 0.25) is 11.8 Å². The number of carbonyl (C=O) groups is 2. The molecule has 1 aliphatic rings. The molecule has 4 heteroatoms. The number of imide groups is 1. The second kappa shape index (κ2) is 4.44. The number of hydrogen-bond donors (Lipinski definition) is 1. The Morgan fingerprint density at radius 1 is 1.11 bits per heavy atom. The molecule has 0 radical (unpaired) electrons. The maximum atomic E-state index is 12.0. The fraction of sp³-hybridized carbons (Fsp3) is 0.429. The maximum absolute atomic E-state index is 12.0. The molecule has 1 fully saturated rings. The third kappa shape index (κ3) is 2.10. The van der Waals surface area contributed by atoms with Crippen molar-refractivity contribution in [2.24, 2.45) is 5.92 Å². The molecule has 2 amide bonds. The summed E-state index contributed by atoms with van der Waals surface area (Å²) in [4.78, 5) is 25.4. The van der Waals surface area contributed by atoms with Crippen LogP contribution in [0.1, 0.15) is 30.9 Å². The lowest BCUT2D eigenvalue weighted by Crippen LogP contribution is -2.43. The molecule has 96 valence electrons. The van der Waals surface area contributed by atoms with E-state index in [1.165, 1.54) is 4.90 Å². The summed E-state index contributed by atoms with van der Waals surface area (Å²) in [6.07, 6.45) is 0.850. The predicted octanol–water partition coefficient (Wildman–Crippen LogP) is 2.18. The Hall–Kier alpha value is -1.84. The molecule has 0 spiro atoms. The number of benzene rings is 1. The minimum Gasteiger partial charge on any atom is -0.399 e. The molecule has 1 saturated heterocycles. The second-order valence-corrected chi connectivity index (χ2v) is 5.13. The zero-order valence-corrected chi connectivity index (χ0v) is 11.0.